The summed E-state index contributed by atoms with van der Waals surface area (Å²) in [5.41, 5.74) is 0.863. The molecule has 0 radical (unpaired) electrons. The van der Waals surface area contributed by atoms with Gasteiger partial charge in [-0.3, -0.25) is 9.59 Å². The molecule has 2 aromatic carbocycles. The van der Waals surface area contributed by atoms with Crippen molar-refractivity contribution >= 4 is 54.9 Å². The van der Waals surface area contributed by atoms with E-state index in [9.17, 15) is 9.59 Å². The first-order valence-corrected chi connectivity index (χ1v) is 12.6. The zero-order valence-corrected chi connectivity index (χ0v) is 22.5. The Morgan fingerprint density at radius 1 is 1.20 bits per heavy atom. The number of nitrogens with zero attached hydrogens (tertiary/aromatic N) is 4. The van der Waals surface area contributed by atoms with E-state index in [1.165, 1.54) is 18.0 Å². The first-order chi connectivity index (χ1) is 16.9. The molecule has 4 rings (SSSR count). The lowest BCUT2D eigenvalue weighted by Crippen LogP contribution is -2.43. The summed E-state index contributed by atoms with van der Waals surface area (Å²) < 4.78 is 19.5. The molecule has 35 heavy (non-hydrogen) atoms. The van der Waals surface area contributed by atoms with Gasteiger partial charge in [-0.15, -0.1) is 0 Å². The van der Waals surface area contributed by atoms with Gasteiger partial charge in [0.15, 0.2) is 18.1 Å². The Balaban J connectivity index is 1.69. The molecule has 1 aliphatic rings. The number of carbonyl (C=O) groups excluding carboxylic acids is 1. The number of hydrogen-bond donors (Lipinski definition) is 0. The van der Waals surface area contributed by atoms with Crippen LogP contribution in [0, 0.1) is 0 Å². The van der Waals surface area contributed by atoms with Crippen LogP contribution in [0.1, 0.15) is 18.3 Å². The van der Waals surface area contributed by atoms with Gasteiger partial charge in [0, 0.05) is 34.0 Å². The average Bonchev–Trinajstić information content (AvgIpc) is 2.87. The molecule has 1 fully saturated rings. The van der Waals surface area contributed by atoms with Crippen molar-refractivity contribution < 1.29 is 19.0 Å². The Morgan fingerprint density at radius 3 is 2.69 bits per heavy atom. The number of amides is 1. The Bertz CT molecular complexity index is 1340. The zero-order chi connectivity index (χ0) is 24.9. The molecule has 1 saturated heterocycles. The van der Waals surface area contributed by atoms with Gasteiger partial charge in [0.1, 0.15) is 5.82 Å². The monoisotopic (exact) mass is 606 g/mol. The summed E-state index contributed by atoms with van der Waals surface area (Å²) in [4.78, 5) is 32.1. The van der Waals surface area contributed by atoms with E-state index in [4.69, 9.17) is 14.2 Å². The third kappa shape index (κ3) is 5.74. The minimum Gasteiger partial charge on any atom is -0.493 e. The van der Waals surface area contributed by atoms with Gasteiger partial charge in [0.25, 0.3) is 11.5 Å². The highest BCUT2D eigenvalue weighted by atomic mass is 79.9. The Labute approximate surface area is 218 Å². The fourth-order valence-electron chi connectivity index (χ4n) is 3.69. The molecule has 184 valence electrons. The number of ether oxygens (including phenoxy) is 3. The number of fused-ring (bicyclic) bond motifs is 1. The van der Waals surface area contributed by atoms with E-state index in [1.807, 2.05) is 13.0 Å². The molecule has 0 unspecified atom stereocenters. The minimum atomic E-state index is -0.281. The van der Waals surface area contributed by atoms with E-state index in [0.29, 0.717) is 66.5 Å². The Kier molecular flexibility index (Phi) is 8.19. The SMILES string of the molecule is CCc1nc2ccc(Br)cc2c(=O)n1N=Cc1cc(Br)cc(OC)c1OCC(=O)N1CCOCC1. The molecule has 1 aromatic heterocycles. The normalized spacial score (nSPS) is 14.0. The first-order valence-electron chi connectivity index (χ1n) is 11.0. The molecule has 2 heterocycles. The van der Waals surface area contributed by atoms with Gasteiger partial charge in [-0.05, 0) is 30.3 Å². The van der Waals surface area contributed by atoms with Gasteiger partial charge in [0.2, 0.25) is 0 Å². The summed E-state index contributed by atoms with van der Waals surface area (Å²) in [5.74, 6) is 1.16. The molecule has 0 N–H and O–H groups in total. The Hall–Kier alpha value is -2.76. The number of carbonyl (C=O) groups is 1. The van der Waals surface area contributed by atoms with Gasteiger partial charge in [-0.2, -0.15) is 9.78 Å². The molecule has 1 amide bonds. The predicted octanol–water partition coefficient (Wildman–Crippen LogP) is 3.61. The molecule has 0 saturated carbocycles. The summed E-state index contributed by atoms with van der Waals surface area (Å²) in [7, 11) is 1.52. The number of benzene rings is 2. The molecule has 1 aliphatic heterocycles. The standard InChI is InChI=1S/C24H24Br2N4O5/c1-3-21-28-19-5-4-16(25)11-18(19)24(32)30(21)27-13-15-10-17(26)12-20(33-2)23(15)35-14-22(31)29-6-8-34-9-7-29/h4-5,10-13H,3,6-9,14H2,1-2H3. The summed E-state index contributed by atoms with van der Waals surface area (Å²) in [6.45, 7) is 3.83. The van der Waals surface area contributed by atoms with Crippen LogP contribution in [0.4, 0.5) is 0 Å². The van der Waals surface area contributed by atoms with E-state index in [0.717, 1.165) is 8.95 Å². The highest BCUT2D eigenvalue weighted by Gasteiger charge is 2.20. The Morgan fingerprint density at radius 2 is 1.97 bits per heavy atom. The summed E-state index contributed by atoms with van der Waals surface area (Å²) in [5, 5.41) is 4.91. The molecule has 0 atom stereocenters. The van der Waals surface area contributed by atoms with Crippen LogP contribution in [0.15, 0.2) is 49.2 Å². The van der Waals surface area contributed by atoms with E-state index in [2.05, 4.69) is 41.9 Å². The second-order valence-corrected chi connectivity index (χ2v) is 9.54. The van der Waals surface area contributed by atoms with Crippen molar-refractivity contribution in [1.82, 2.24) is 14.6 Å². The third-order valence-corrected chi connectivity index (χ3v) is 6.43. The first kappa shape index (κ1) is 25.3. The largest absolute Gasteiger partial charge is 0.493 e. The number of aromatic nitrogens is 2. The summed E-state index contributed by atoms with van der Waals surface area (Å²) in [6, 6.07) is 8.89. The van der Waals surface area contributed by atoms with Crippen LogP contribution < -0.4 is 15.0 Å². The fourth-order valence-corrected chi connectivity index (χ4v) is 4.51. The van der Waals surface area contributed by atoms with Crippen molar-refractivity contribution in [2.75, 3.05) is 40.0 Å². The summed E-state index contributed by atoms with van der Waals surface area (Å²) >= 11 is 6.87. The number of morpholine rings is 1. The number of halogens is 2. The summed E-state index contributed by atoms with van der Waals surface area (Å²) in [6.07, 6.45) is 2.02. The van der Waals surface area contributed by atoms with Gasteiger partial charge in [-0.25, -0.2) is 4.98 Å². The van der Waals surface area contributed by atoms with Crippen molar-refractivity contribution in [2.45, 2.75) is 13.3 Å². The highest BCUT2D eigenvalue weighted by molar-refractivity contribution is 9.10. The van der Waals surface area contributed by atoms with Gasteiger partial charge in [0.05, 0.1) is 37.4 Å². The molecule has 9 nitrogen and oxygen atoms in total. The molecule has 3 aromatic rings. The average molecular weight is 608 g/mol. The molecule has 0 bridgehead atoms. The van der Waals surface area contributed by atoms with Crippen molar-refractivity contribution in [3.8, 4) is 11.5 Å². The predicted molar refractivity (Wildman–Crippen MR) is 140 cm³/mol. The van der Waals surface area contributed by atoms with Crippen LogP contribution in [0.25, 0.3) is 10.9 Å². The molecule has 11 heteroatoms. The molecule has 0 spiro atoms. The lowest BCUT2D eigenvalue weighted by molar-refractivity contribution is -0.137. The quantitative estimate of drug-likeness (QED) is 0.381. The number of aryl methyl sites for hydroxylation is 1. The van der Waals surface area contributed by atoms with Crippen LogP contribution in [0.5, 0.6) is 11.5 Å². The second-order valence-electron chi connectivity index (χ2n) is 7.71. The highest BCUT2D eigenvalue weighted by Crippen LogP contribution is 2.34. The van der Waals surface area contributed by atoms with Crippen molar-refractivity contribution in [3.63, 3.8) is 0 Å². The lowest BCUT2D eigenvalue weighted by atomic mass is 10.2. The molecular formula is C24H24Br2N4O5. The smallest absolute Gasteiger partial charge is 0.282 e. The maximum absolute atomic E-state index is 13.2. The number of hydrogen-bond acceptors (Lipinski definition) is 7. The minimum absolute atomic E-state index is 0.144. The number of rotatable bonds is 7. The van der Waals surface area contributed by atoms with Gasteiger partial charge in [-0.1, -0.05) is 38.8 Å². The van der Waals surface area contributed by atoms with Gasteiger partial charge < -0.3 is 19.1 Å². The van der Waals surface area contributed by atoms with Crippen LogP contribution in [0.2, 0.25) is 0 Å². The van der Waals surface area contributed by atoms with Crippen LogP contribution in [-0.2, 0) is 16.0 Å². The number of methoxy groups -OCH3 is 1. The topological polar surface area (TPSA) is 95.2 Å². The van der Waals surface area contributed by atoms with Crippen molar-refractivity contribution in [1.29, 1.82) is 0 Å². The maximum Gasteiger partial charge on any atom is 0.282 e. The molecular weight excluding hydrogens is 584 g/mol. The lowest BCUT2D eigenvalue weighted by Gasteiger charge is -2.27. The fraction of sp³-hybridized carbons (Fsp3) is 0.333. The molecule has 0 aliphatic carbocycles. The van der Waals surface area contributed by atoms with E-state index < -0.39 is 0 Å². The van der Waals surface area contributed by atoms with Crippen molar-refractivity contribution in [3.05, 3.63) is 61.0 Å². The second kappa shape index (κ2) is 11.3. The zero-order valence-electron chi connectivity index (χ0n) is 19.3. The maximum atomic E-state index is 13.2. The van der Waals surface area contributed by atoms with E-state index in [-0.39, 0.29) is 18.1 Å². The van der Waals surface area contributed by atoms with E-state index in [1.54, 1.807) is 29.2 Å². The van der Waals surface area contributed by atoms with Crippen LogP contribution in [0.3, 0.4) is 0 Å². The third-order valence-electron chi connectivity index (χ3n) is 5.48. The van der Waals surface area contributed by atoms with Crippen molar-refractivity contribution in [2.24, 2.45) is 5.10 Å². The van der Waals surface area contributed by atoms with Crippen LogP contribution >= 0.6 is 31.9 Å². The van der Waals surface area contributed by atoms with E-state index >= 15 is 0 Å². The van der Waals surface area contributed by atoms with Crippen LogP contribution in [-0.4, -0.2) is 66.7 Å². The van der Waals surface area contributed by atoms with Gasteiger partial charge >= 0.3 is 0 Å².